The summed E-state index contributed by atoms with van der Waals surface area (Å²) in [7, 11) is 0. The molecule has 106 valence electrons. The van der Waals surface area contributed by atoms with E-state index in [-0.39, 0.29) is 5.91 Å². The van der Waals surface area contributed by atoms with Gasteiger partial charge < -0.3 is 5.32 Å². The number of carbonyl (C=O) groups excluding carboxylic acids is 1. The number of hydrogen-bond acceptors (Lipinski definition) is 2. The largest absolute Gasteiger partial charge is 0.320 e. The average Bonchev–Trinajstić information content (AvgIpc) is 2.76. The number of halogens is 3. The summed E-state index contributed by atoms with van der Waals surface area (Å²) >= 11 is 17.9. The van der Waals surface area contributed by atoms with Crippen molar-refractivity contribution in [2.45, 2.75) is 6.92 Å². The maximum absolute atomic E-state index is 12.1. The Morgan fingerprint density at radius 2 is 1.71 bits per heavy atom. The Morgan fingerprint density at radius 1 is 1.00 bits per heavy atom. The van der Waals surface area contributed by atoms with Crippen molar-refractivity contribution in [3.8, 4) is 0 Å². The molecule has 1 heterocycles. The fraction of sp³-hybridized carbons (Fsp3) is 0.0667. The fourth-order valence-electron chi connectivity index (χ4n) is 2.13. The number of rotatable bonds is 1. The molecular formula is C15H9Cl3N2O. The summed E-state index contributed by atoms with van der Waals surface area (Å²) in [6, 6.07) is 8.49. The molecule has 1 aliphatic rings. The topological polar surface area (TPSA) is 41.5 Å². The van der Waals surface area contributed by atoms with Crippen molar-refractivity contribution in [2.24, 2.45) is 4.99 Å². The second-order valence-corrected chi connectivity index (χ2v) is 5.83. The van der Waals surface area contributed by atoms with Crippen molar-refractivity contribution >= 4 is 57.8 Å². The summed E-state index contributed by atoms with van der Waals surface area (Å²) in [6.45, 7) is 1.85. The van der Waals surface area contributed by atoms with E-state index in [1.54, 1.807) is 30.3 Å². The Labute approximate surface area is 136 Å². The van der Waals surface area contributed by atoms with Gasteiger partial charge in [0.15, 0.2) is 0 Å². The van der Waals surface area contributed by atoms with E-state index in [9.17, 15) is 4.79 Å². The number of fused-ring (bicyclic) bond motifs is 1. The van der Waals surface area contributed by atoms with E-state index in [1.165, 1.54) is 0 Å². The number of aliphatic imine (C=N–C) groups is 1. The van der Waals surface area contributed by atoms with Gasteiger partial charge in [-0.25, -0.2) is 4.99 Å². The predicted molar refractivity (Wildman–Crippen MR) is 87.5 cm³/mol. The first kappa shape index (κ1) is 14.4. The normalized spacial score (nSPS) is 15.2. The van der Waals surface area contributed by atoms with Crippen LogP contribution in [0.1, 0.15) is 11.1 Å². The molecule has 0 bridgehead atoms. The summed E-state index contributed by atoms with van der Waals surface area (Å²) in [6.07, 6.45) is 0. The van der Waals surface area contributed by atoms with Gasteiger partial charge in [-0.1, -0.05) is 34.8 Å². The van der Waals surface area contributed by atoms with Crippen LogP contribution in [0.3, 0.4) is 0 Å². The molecule has 0 spiro atoms. The van der Waals surface area contributed by atoms with Crippen LogP contribution < -0.4 is 5.32 Å². The van der Waals surface area contributed by atoms with Gasteiger partial charge in [-0.15, -0.1) is 0 Å². The molecule has 0 unspecified atom stereocenters. The first-order chi connectivity index (χ1) is 9.97. The third kappa shape index (κ3) is 2.53. The first-order valence-corrected chi connectivity index (χ1v) is 7.25. The van der Waals surface area contributed by atoms with Gasteiger partial charge in [-0.2, -0.15) is 0 Å². The molecule has 0 fully saturated rings. The summed E-state index contributed by atoms with van der Waals surface area (Å²) in [5, 5.41) is 4.23. The molecule has 1 N–H and O–H groups in total. The number of benzene rings is 2. The highest BCUT2D eigenvalue weighted by atomic mass is 35.5. The molecular weight excluding hydrogens is 331 g/mol. The number of hydrogen-bond donors (Lipinski definition) is 1. The van der Waals surface area contributed by atoms with Crippen LogP contribution in [0.5, 0.6) is 0 Å². The zero-order valence-electron chi connectivity index (χ0n) is 10.9. The summed E-state index contributed by atoms with van der Waals surface area (Å²) in [5.41, 5.74) is 3.15. The molecule has 3 rings (SSSR count). The van der Waals surface area contributed by atoms with Crippen LogP contribution in [0.15, 0.2) is 35.3 Å². The molecule has 0 saturated heterocycles. The Morgan fingerprint density at radius 3 is 2.43 bits per heavy atom. The van der Waals surface area contributed by atoms with Crippen molar-refractivity contribution < 1.29 is 4.79 Å². The lowest BCUT2D eigenvalue weighted by molar-refractivity contribution is -0.110. The Hall–Kier alpha value is -1.55. The third-order valence-electron chi connectivity index (χ3n) is 3.25. The lowest BCUT2D eigenvalue weighted by atomic mass is 10.1. The van der Waals surface area contributed by atoms with Gasteiger partial charge in [-0.3, -0.25) is 4.79 Å². The van der Waals surface area contributed by atoms with Gasteiger partial charge >= 0.3 is 0 Å². The van der Waals surface area contributed by atoms with Crippen LogP contribution >= 0.6 is 34.8 Å². The molecule has 2 aromatic rings. The highest BCUT2D eigenvalue weighted by molar-refractivity contribution is 6.54. The molecule has 3 nitrogen and oxygen atoms in total. The van der Waals surface area contributed by atoms with Crippen LogP contribution in [-0.2, 0) is 4.79 Å². The van der Waals surface area contributed by atoms with Crippen molar-refractivity contribution in [3.63, 3.8) is 0 Å². The monoisotopic (exact) mass is 338 g/mol. The summed E-state index contributed by atoms with van der Waals surface area (Å²) in [5.74, 6) is -0.263. The Bertz CT molecular complexity index is 800. The minimum absolute atomic E-state index is 0.263. The molecule has 1 amide bonds. The first-order valence-electron chi connectivity index (χ1n) is 6.12. The number of nitrogens with zero attached hydrogens (tertiary/aromatic N) is 1. The van der Waals surface area contributed by atoms with Crippen LogP contribution in [0.2, 0.25) is 15.1 Å². The summed E-state index contributed by atoms with van der Waals surface area (Å²) in [4.78, 5) is 16.5. The van der Waals surface area contributed by atoms with Gasteiger partial charge in [0.2, 0.25) is 0 Å². The molecule has 6 heteroatoms. The van der Waals surface area contributed by atoms with E-state index in [4.69, 9.17) is 34.8 Å². The quantitative estimate of drug-likeness (QED) is 0.778. The van der Waals surface area contributed by atoms with E-state index in [0.29, 0.717) is 32.2 Å². The molecule has 2 aromatic carbocycles. The van der Waals surface area contributed by atoms with Crippen molar-refractivity contribution in [2.75, 3.05) is 5.32 Å². The van der Waals surface area contributed by atoms with Gasteiger partial charge in [-0.05, 0) is 42.8 Å². The van der Waals surface area contributed by atoms with Gasteiger partial charge in [0.05, 0.1) is 21.4 Å². The molecule has 0 radical (unpaired) electrons. The highest BCUT2D eigenvalue weighted by Gasteiger charge is 2.28. The zero-order chi connectivity index (χ0) is 15.1. The highest BCUT2D eigenvalue weighted by Crippen LogP contribution is 2.34. The smallest absolute Gasteiger partial charge is 0.275 e. The standard InChI is InChI=1S/C15H9Cl3N2O/c1-7-10(16)5-3-9-13(7)20-15(21)14(9)19-8-2-4-11(17)12(18)6-8/h2-6H,1H3,(H,19,20,21). The third-order valence-corrected chi connectivity index (χ3v) is 4.40. The number of amides is 1. The van der Waals surface area contributed by atoms with E-state index < -0.39 is 0 Å². The molecule has 0 aliphatic carbocycles. The molecule has 0 aromatic heterocycles. The average molecular weight is 340 g/mol. The molecule has 1 aliphatic heterocycles. The SMILES string of the molecule is Cc1c(Cl)ccc2c1NC(=O)C2=Nc1ccc(Cl)c(Cl)c1. The van der Waals surface area contributed by atoms with Crippen LogP contribution in [0.25, 0.3) is 0 Å². The Balaban J connectivity index is 2.12. The minimum Gasteiger partial charge on any atom is -0.320 e. The second kappa shape index (κ2) is 5.34. The fourth-order valence-corrected chi connectivity index (χ4v) is 2.58. The van der Waals surface area contributed by atoms with Gasteiger partial charge in [0.25, 0.3) is 5.91 Å². The number of nitrogens with one attached hydrogen (secondary N) is 1. The van der Waals surface area contributed by atoms with E-state index in [0.717, 1.165) is 11.1 Å². The van der Waals surface area contributed by atoms with Crippen LogP contribution in [0, 0.1) is 6.92 Å². The molecule has 0 saturated carbocycles. The molecule has 0 atom stereocenters. The lowest BCUT2D eigenvalue weighted by Crippen LogP contribution is -2.13. The lowest BCUT2D eigenvalue weighted by Gasteiger charge is -2.04. The summed E-state index contributed by atoms with van der Waals surface area (Å²) < 4.78 is 0. The van der Waals surface area contributed by atoms with E-state index in [1.807, 2.05) is 6.92 Å². The van der Waals surface area contributed by atoms with Crippen molar-refractivity contribution in [3.05, 3.63) is 56.5 Å². The van der Waals surface area contributed by atoms with E-state index >= 15 is 0 Å². The number of anilines is 1. The maximum Gasteiger partial charge on any atom is 0.275 e. The van der Waals surface area contributed by atoms with Crippen LogP contribution in [-0.4, -0.2) is 11.6 Å². The second-order valence-electron chi connectivity index (χ2n) is 4.61. The number of carbonyl (C=O) groups is 1. The predicted octanol–water partition coefficient (Wildman–Crippen LogP) is 5.03. The van der Waals surface area contributed by atoms with Crippen LogP contribution in [0.4, 0.5) is 11.4 Å². The minimum atomic E-state index is -0.263. The van der Waals surface area contributed by atoms with Gasteiger partial charge in [0, 0.05) is 10.6 Å². The zero-order valence-corrected chi connectivity index (χ0v) is 13.1. The molecule has 21 heavy (non-hydrogen) atoms. The maximum atomic E-state index is 12.1. The van der Waals surface area contributed by atoms with E-state index in [2.05, 4.69) is 10.3 Å². The van der Waals surface area contributed by atoms with Gasteiger partial charge in [0.1, 0.15) is 5.71 Å². The van der Waals surface area contributed by atoms with Crippen molar-refractivity contribution in [1.29, 1.82) is 0 Å². The Kier molecular flexibility index (Phi) is 3.66. The van der Waals surface area contributed by atoms with Crippen molar-refractivity contribution in [1.82, 2.24) is 0 Å².